The van der Waals surface area contributed by atoms with E-state index in [-0.39, 0.29) is 17.5 Å². The number of pyridine rings is 1. The molecule has 3 N–H and O–H groups in total. The fraction of sp³-hybridized carbons (Fsp3) is 0.296. The third kappa shape index (κ3) is 5.92. The van der Waals surface area contributed by atoms with E-state index >= 15 is 0 Å². The Morgan fingerprint density at radius 2 is 1.38 bits per heavy atom. The molecular weight excluding hydrogens is 428 g/mol. The van der Waals surface area contributed by atoms with Crippen LogP contribution >= 0.6 is 0 Å². The van der Waals surface area contributed by atoms with Gasteiger partial charge in [-0.2, -0.15) is 0 Å². The van der Waals surface area contributed by atoms with E-state index < -0.39 is 5.54 Å². The third-order valence-corrected chi connectivity index (χ3v) is 6.27. The van der Waals surface area contributed by atoms with Crippen molar-refractivity contribution >= 4 is 11.9 Å². The quantitative estimate of drug-likeness (QED) is 0.484. The molecule has 3 aromatic rings. The number of carbonyl (C=O) groups is 2. The van der Waals surface area contributed by atoms with Crippen molar-refractivity contribution in [3.8, 4) is 0 Å². The number of rotatable bonds is 8. The molecule has 3 amide bonds. The first-order valence-electron chi connectivity index (χ1n) is 11.7. The maximum Gasteiger partial charge on any atom is 0.315 e. The van der Waals surface area contributed by atoms with E-state index in [9.17, 15) is 14.4 Å². The molecule has 7 nitrogen and oxygen atoms in total. The minimum atomic E-state index is -0.880. The molecule has 1 aliphatic rings. The molecule has 0 radical (unpaired) electrons. The third-order valence-electron chi connectivity index (χ3n) is 6.27. The smallest absolute Gasteiger partial charge is 0.315 e. The molecule has 1 heterocycles. The van der Waals surface area contributed by atoms with Gasteiger partial charge in [-0.15, -0.1) is 0 Å². The number of urea groups is 1. The van der Waals surface area contributed by atoms with Gasteiger partial charge in [0.25, 0.3) is 5.56 Å². The first kappa shape index (κ1) is 23.3. The Morgan fingerprint density at radius 1 is 0.765 bits per heavy atom. The molecule has 1 aromatic heterocycles. The van der Waals surface area contributed by atoms with Crippen LogP contribution in [0.15, 0.2) is 83.8 Å². The molecule has 0 aliphatic heterocycles. The molecule has 1 fully saturated rings. The SMILES string of the molecule is O=C(NCc1ccccc1)NC1(C(=O)NCc2ccc(Cn3ccccc3=O)cc2)CCCC1. The van der Waals surface area contributed by atoms with Gasteiger partial charge in [-0.1, -0.05) is 73.5 Å². The lowest BCUT2D eigenvalue weighted by Crippen LogP contribution is -2.59. The summed E-state index contributed by atoms with van der Waals surface area (Å²) in [4.78, 5) is 37.5. The van der Waals surface area contributed by atoms with Gasteiger partial charge < -0.3 is 20.5 Å². The largest absolute Gasteiger partial charge is 0.350 e. The van der Waals surface area contributed by atoms with E-state index in [1.165, 1.54) is 0 Å². The molecule has 0 unspecified atom stereocenters. The van der Waals surface area contributed by atoms with E-state index in [2.05, 4.69) is 16.0 Å². The molecular formula is C27H30N4O3. The zero-order valence-electron chi connectivity index (χ0n) is 19.1. The van der Waals surface area contributed by atoms with Gasteiger partial charge in [0.05, 0.1) is 6.54 Å². The summed E-state index contributed by atoms with van der Waals surface area (Å²) in [5.41, 5.74) is 2.05. The highest BCUT2D eigenvalue weighted by Crippen LogP contribution is 2.30. The molecule has 1 aliphatic carbocycles. The Balaban J connectivity index is 1.31. The monoisotopic (exact) mass is 458 g/mol. The zero-order valence-corrected chi connectivity index (χ0v) is 19.1. The second kappa shape index (κ2) is 10.8. The predicted molar refractivity (Wildman–Crippen MR) is 131 cm³/mol. The van der Waals surface area contributed by atoms with Crippen molar-refractivity contribution < 1.29 is 9.59 Å². The number of carbonyl (C=O) groups excluding carboxylic acids is 2. The average molecular weight is 459 g/mol. The Bertz CT molecular complexity index is 1170. The van der Waals surface area contributed by atoms with E-state index in [0.29, 0.717) is 32.5 Å². The number of hydrogen-bond donors (Lipinski definition) is 3. The van der Waals surface area contributed by atoms with Crippen LogP contribution in [0.1, 0.15) is 42.4 Å². The highest BCUT2D eigenvalue weighted by molar-refractivity contribution is 5.91. The molecule has 34 heavy (non-hydrogen) atoms. The molecule has 0 spiro atoms. The van der Waals surface area contributed by atoms with E-state index in [4.69, 9.17) is 0 Å². The van der Waals surface area contributed by atoms with Crippen molar-refractivity contribution in [2.24, 2.45) is 0 Å². The van der Waals surface area contributed by atoms with Gasteiger partial charge >= 0.3 is 6.03 Å². The van der Waals surface area contributed by atoms with Crippen LogP contribution in [0.5, 0.6) is 0 Å². The number of nitrogens with zero attached hydrogens (tertiary/aromatic N) is 1. The van der Waals surface area contributed by atoms with Crippen LogP contribution < -0.4 is 21.5 Å². The second-order valence-corrected chi connectivity index (χ2v) is 8.75. The molecule has 4 rings (SSSR count). The van der Waals surface area contributed by atoms with Crippen molar-refractivity contribution in [2.75, 3.05) is 0 Å². The van der Waals surface area contributed by atoms with Crippen molar-refractivity contribution in [1.82, 2.24) is 20.5 Å². The number of aromatic nitrogens is 1. The molecule has 7 heteroatoms. The lowest BCUT2D eigenvalue weighted by atomic mass is 9.96. The highest BCUT2D eigenvalue weighted by Gasteiger charge is 2.42. The Hall–Kier alpha value is -3.87. The van der Waals surface area contributed by atoms with Gasteiger partial charge in [0.15, 0.2) is 0 Å². The summed E-state index contributed by atoms with van der Waals surface area (Å²) in [6, 6.07) is 22.3. The molecule has 0 bridgehead atoms. The Kier molecular flexibility index (Phi) is 7.42. The number of hydrogen-bond acceptors (Lipinski definition) is 3. The molecule has 1 saturated carbocycles. The molecule has 2 aromatic carbocycles. The molecule has 176 valence electrons. The van der Waals surface area contributed by atoms with Crippen LogP contribution in [0, 0.1) is 0 Å². The molecule has 0 saturated heterocycles. The van der Waals surface area contributed by atoms with Crippen LogP contribution in [-0.2, 0) is 24.4 Å². The predicted octanol–water partition coefficient (Wildman–Crippen LogP) is 3.33. The van der Waals surface area contributed by atoms with Crippen molar-refractivity contribution in [2.45, 2.75) is 50.9 Å². The fourth-order valence-electron chi connectivity index (χ4n) is 4.33. The van der Waals surface area contributed by atoms with Gasteiger partial charge in [0, 0.05) is 25.4 Å². The summed E-state index contributed by atoms with van der Waals surface area (Å²) in [6.45, 7) is 1.28. The van der Waals surface area contributed by atoms with Crippen molar-refractivity contribution in [3.05, 3.63) is 106 Å². The standard InChI is InChI=1S/C27H30N4O3/c32-24-10-4-7-17-31(24)20-23-13-11-22(12-14-23)18-28-25(33)27(15-5-6-16-27)30-26(34)29-19-21-8-2-1-3-9-21/h1-4,7-14,17H,5-6,15-16,18-20H2,(H,28,33)(H2,29,30,34). The summed E-state index contributed by atoms with van der Waals surface area (Å²) in [5.74, 6) is -0.153. The average Bonchev–Trinajstić information content (AvgIpc) is 3.34. The minimum Gasteiger partial charge on any atom is -0.350 e. The van der Waals surface area contributed by atoms with Gasteiger partial charge in [-0.05, 0) is 35.6 Å². The summed E-state index contributed by atoms with van der Waals surface area (Å²) in [6.07, 6.45) is 4.82. The van der Waals surface area contributed by atoms with Crippen LogP contribution in [0.3, 0.4) is 0 Å². The van der Waals surface area contributed by atoms with E-state index in [0.717, 1.165) is 29.5 Å². The van der Waals surface area contributed by atoms with Gasteiger partial charge in [-0.25, -0.2) is 4.79 Å². The summed E-state index contributed by atoms with van der Waals surface area (Å²) < 4.78 is 1.65. The second-order valence-electron chi connectivity index (χ2n) is 8.75. The highest BCUT2D eigenvalue weighted by atomic mass is 16.2. The maximum absolute atomic E-state index is 13.1. The van der Waals surface area contributed by atoms with Gasteiger partial charge in [0.2, 0.25) is 5.91 Å². The zero-order chi connectivity index (χ0) is 23.8. The fourth-order valence-corrected chi connectivity index (χ4v) is 4.33. The lowest BCUT2D eigenvalue weighted by molar-refractivity contribution is -0.127. The Labute approximate surface area is 199 Å². The lowest BCUT2D eigenvalue weighted by Gasteiger charge is -2.29. The van der Waals surface area contributed by atoms with E-state index in [1.54, 1.807) is 22.9 Å². The van der Waals surface area contributed by atoms with Crippen molar-refractivity contribution in [1.29, 1.82) is 0 Å². The van der Waals surface area contributed by atoms with Crippen molar-refractivity contribution in [3.63, 3.8) is 0 Å². The van der Waals surface area contributed by atoms with Crippen LogP contribution in [0.2, 0.25) is 0 Å². The first-order valence-corrected chi connectivity index (χ1v) is 11.7. The van der Waals surface area contributed by atoms with E-state index in [1.807, 2.05) is 60.7 Å². The maximum atomic E-state index is 13.1. The van der Waals surface area contributed by atoms with Crippen LogP contribution in [-0.4, -0.2) is 22.0 Å². The number of amides is 3. The van der Waals surface area contributed by atoms with Gasteiger partial charge in [0.1, 0.15) is 5.54 Å². The first-order chi connectivity index (χ1) is 16.5. The minimum absolute atomic E-state index is 0.0407. The summed E-state index contributed by atoms with van der Waals surface area (Å²) in [5, 5.41) is 8.80. The molecule has 0 atom stereocenters. The summed E-state index contributed by atoms with van der Waals surface area (Å²) in [7, 11) is 0. The van der Waals surface area contributed by atoms with Gasteiger partial charge in [-0.3, -0.25) is 9.59 Å². The Morgan fingerprint density at radius 3 is 2.09 bits per heavy atom. The topological polar surface area (TPSA) is 92.2 Å². The van der Waals surface area contributed by atoms with Crippen LogP contribution in [0.25, 0.3) is 0 Å². The number of benzene rings is 2. The number of nitrogens with one attached hydrogen (secondary N) is 3. The summed E-state index contributed by atoms with van der Waals surface area (Å²) >= 11 is 0. The van der Waals surface area contributed by atoms with Crippen LogP contribution in [0.4, 0.5) is 4.79 Å². The normalized spacial score (nSPS) is 14.4.